The molecule has 0 aliphatic rings. The second kappa shape index (κ2) is 5.19. The Balaban J connectivity index is 2.04. The summed E-state index contributed by atoms with van der Waals surface area (Å²) in [6, 6.07) is 12.8. The Labute approximate surface area is 104 Å². The fraction of sp³-hybridized carbons (Fsp3) is 0.0714. The molecule has 2 rings (SSSR count). The molecule has 0 saturated carbocycles. The van der Waals surface area contributed by atoms with Gasteiger partial charge in [-0.1, -0.05) is 12.1 Å². The first-order valence-corrected chi connectivity index (χ1v) is 5.40. The molecule has 2 N–H and O–H groups in total. The molecule has 2 aromatic rings. The van der Waals surface area contributed by atoms with E-state index < -0.39 is 0 Å². The summed E-state index contributed by atoms with van der Waals surface area (Å²) in [5.41, 5.74) is 1.87. The van der Waals surface area contributed by atoms with Crippen molar-refractivity contribution in [2.45, 2.75) is 6.54 Å². The van der Waals surface area contributed by atoms with Crippen molar-refractivity contribution >= 4 is 5.69 Å². The fourth-order valence-electron chi connectivity index (χ4n) is 1.54. The monoisotopic (exact) mass is 242 g/mol. The Morgan fingerprint density at radius 3 is 2.50 bits per heavy atom. The van der Waals surface area contributed by atoms with Gasteiger partial charge in [0.25, 0.3) is 0 Å². The number of nitrogens with one attached hydrogen (secondary N) is 1. The van der Waals surface area contributed by atoms with Crippen LogP contribution in [0.25, 0.3) is 0 Å². The van der Waals surface area contributed by atoms with E-state index in [1.807, 2.05) is 6.07 Å². The lowest BCUT2D eigenvalue weighted by Crippen LogP contribution is -1.99. The molecule has 2 aromatic carbocycles. The minimum atomic E-state index is -0.269. The highest BCUT2D eigenvalue weighted by molar-refractivity contribution is 5.55. The van der Waals surface area contributed by atoms with Gasteiger partial charge in [-0.15, -0.1) is 0 Å². The van der Waals surface area contributed by atoms with Crippen LogP contribution in [-0.2, 0) is 6.54 Å². The largest absolute Gasteiger partial charge is 0.506 e. The zero-order valence-electron chi connectivity index (χ0n) is 9.52. The van der Waals surface area contributed by atoms with E-state index in [0.717, 1.165) is 5.56 Å². The molecule has 0 spiro atoms. The first-order chi connectivity index (χ1) is 8.69. The topological polar surface area (TPSA) is 56.0 Å². The van der Waals surface area contributed by atoms with Crippen molar-refractivity contribution in [3.8, 4) is 11.8 Å². The molecule has 0 aliphatic heterocycles. The Morgan fingerprint density at radius 2 is 1.89 bits per heavy atom. The van der Waals surface area contributed by atoms with Crippen LogP contribution in [0.3, 0.4) is 0 Å². The zero-order valence-corrected chi connectivity index (χ0v) is 9.52. The number of anilines is 1. The van der Waals surface area contributed by atoms with Gasteiger partial charge in [0.2, 0.25) is 0 Å². The summed E-state index contributed by atoms with van der Waals surface area (Å²) in [6.45, 7) is 0.519. The van der Waals surface area contributed by atoms with Crippen LogP contribution in [0.2, 0.25) is 0 Å². The molecule has 18 heavy (non-hydrogen) atoms. The highest BCUT2D eigenvalue weighted by Crippen LogP contribution is 2.21. The summed E-state index contributed by atoms with van der Waals surface area (Å²) in [6.07, 6.45) is 0. The Kier molecular flexibility index (Phi) is 3.44. The number of phenolic OH excluding ortho intramolecular Hbond substituents is 1. The lowest BCUT2D eigenvalue weighted by Gasteiger charge is -2.07. The number of hydrogen-bond donors (Lipinski definition) is 2. The SMILES string of the molecule is N#Cc1ccc(NCc2ccc(F)cc2)cc1O. The van der Waals surface area contributed by atoms with E-state index in [-0.39, 0.29) is 17.1 Å². The Bertz CT molecular complexity index is 588. The summed E-state index contributed by atoms with van der Waals surface area (Å²) < 4.78 is 12.7. The maximum Gasteiger partial charge on any atom is 0.135 e. The number of nitriles is 1. The van der Waals surface area contributed by atoms with E-state index in [1.54, 1.807) is 24.3 Å². The van der Waals surface area contributed by atoms with Crippen LogP contribution in [0, 0.1) is 17.1 Å². The van der Waals surface area contributed by atoms with Gasteiger partial charge in [0.1, 0.15) is 17.6 Å². The molecule has 0 aromatic heterocycles. The quantitative estimate of drug-likeness (QED) is 0.869. The first-order valence-electron chi connectivity index (χ1n) is 5.40. The van der Waals surface area contributed by atoms with E-state index in [2.05, 4.69) is 5.32 Å². The highest BCUT2D eigenvalue weighted by Gasteiger charge is 2.01. The van der Waals surface area contributed by atoms with Crippen molar-refractivity contribution in [2.24, 2.45) is 0 Å². The fourth-order valence-corrected chi connectivity index (χ4v) is 1.54. The molecule has 0 atom stereocenters. The van der Waals surface area contributed by atoms with Gasteiger partial charge in [-0.25, -0.2) is 4.39 Å². The molecule has 0 bridgehead atoms. The first kappa shape index (κ1) is 11.9. The van der Waals surface area contributed by atoms with Crippen LogP contribution in [0.5, 0.6) is 5.75 Å². The molecular weight excluding hydrogens is 231 g/mol. The maximum atomic E-state index is 12.7. The minimum Gasteiger partial charge on any atom is -0.506 e. The molecule has 3 nitrogen and oxygen atoms in total. The second-order valence-corrected chi connectivity index (χ2v) is 3.82. The van der Waals surface area contributed by atoms with Crippen LogP contribution in [0.1, 0.15) is 11.1 Å². The molecule has 4 heteroatoms. The van der Waals surface area contributed by atoms with Crippen molar-refractivity contribution < 1.29 is 9.50 Å². The lowest BCUT2D eigenvalue weighted by atomic mass is 10.2. The third kappa shape index (κ3) is 2.77. The number of hydrogen-bond acceptors (Lipinski definition) is 3. The van der Waals surface area contributed by atoms with Crippen molar-refractivity contribution in [1.82, 2.24) is 0 Å². The number of rotatable bonds is 3. The van der Waals surface area contributed by atoms with Gasteiger partial charge in [-0.2, -0.15) is 5.26 Å². The van der Waals surface area contributed by atoms with E-state index in [0.29, 0.717) is 12.2 Å². The molecule has 0 unspecified atom stereocenters. The van der Waals surface area contributed by atoms with Gasteiger partial charge in [0, 0.05) is 18.3 Å². The Hall–Kier alpha value is -2.54. The molecular formula is C14H11FN2O. The molecule has 0 fully saturated rings. The number of aromatic hydroxyl groups is 1. The average molecular weight is 242 g/mol. The molecule has 0 heterocycles. The van der Waals surface area contributed by atoms with Gasteiger partial charge in [-0.05, 0) is 29.8 Å². The van der Waals surface area contributed by atoms with Crippen molar-refractivity contribution in [3.63, 3.8) is 0 Å². The third-order valence-electron chi connectivity index (χ3n) is 2.53. The predicted octanol–water partition coefficient (Wildman–Crippen LogP) is 3.02. The number of nitrogens with zero attached hydrogens (tertiary/aromatic N) is 1. The lowest BCUT2D eigenvalue weighted by molar-refractivity contribution is 0.474. The van der Waals surface area contributed by atoms with Gasteiger partial charge in [-0.3, -0.25) is 0 Å². The average Bonchev–Trinajstić information content (AvgIpc) is 2.38. The number of halogens is 1. The van der Waals surface area contributed by atoms with E-state index in [1.165, 1.54) is 18.2 Å². The van der Waals surface area contributed by atoms with Crippen LogP contribution in [-0.4, -0.2) is 5.11 Å². The highest BCUT2D eigenvalue weighted by atomic mass is 19.1. The number of phenols is 1. The summed E-state index contributed by atoms with van der Waals surface area (Å²) in [5.74, 6) is -0.323. The van der Waals surface area contributed by atoms with Crippen LogP contribution in [0.4, 0.5) is 10.1 Å². The van der Waals surface area contributed by atoms with E-state index in [4.69, 9.17) is 5.26 Å². The van der Waals surface area contributed by atoms with E-state index >= 15 is 0 Å². The zero-order chi connectivity index (χ0) is 13.0. The number of benzene rings is 2. The molecule has 0 aliphatic carbocycles. The summed E-state index contributed by atoms with van der Waals surface area (Å²) in [4.78, 5) is 0. The van der Waals surface area contributed by atoms with E-state index in [9.17, 15) is 9.50 Å². The van der Waals surface area contributed by atoms with Crippen LogP contribution < -0.4 is 5.32 Å². The summed E-state index contributed by atoms with van der Waals surface area (Å²) in [5, 5.41) is 21.3. The van der Waals surface area contributed by atoms with Crippen molar-refractivity contribution in [2.75, 3.05) is 5.32 Å². The van der Waals surface area contributed by atoms with Crippen LogP contribution >= 0.6 is 0 Å². The molecule has 0 saturated heterocycles. The maximum absolute atomic E-state index is 12.7. The van der Waals surface area contributed by atoms with Gasteiger partial charge < -0.3 is 10.4 Å². The van der Waals surface area contributed by atoms with Gasteiger partial charge in [0.15, 0.2) is 0 Å². The van der Waals surface area contributed by atoms with Gasteiger partial charge >= 0.3 is 0 Å². The van der Waals surface area contributed by atoms with Crippen molar-refractivity contribution in [1.29, 1.82) is 5.26 Å². The second-order valence-electron chi connectivity index (χ2n) is 3.82. The van der Waals surface area contributed by atoms with Crippen molar-refractivity contribution in [3.05, 3.63) is 59.4 Å². The smallest absolute Gasteiger partial charge is 0.135 e. The Morgan fingerprint density at radius 1 is 1.17 bits per heavy atom. The molecule has 90 valence electrons. The molecule has 0 radical (unpaired) electrons. The van der Waals surface area contributed by atoms with Gasteiger partial charge in [0.05, 0.1) is 5.56 Å². The normalized spacial score (nSPS) is 9.78. The third-order valence-corrected chi connectivity index (χ3v) is 2.53. The minimum absolute atomic E-state index is 0.0541. The van der Waals surface area contributed by atoms with Crippen LogP contribution in [0.15, 0.2) is 42.5 Å². The summed E-state index contributed by atoms with van der Waals surface area (Å²) >= 11 is 0. The summed E-state index contributed by atoms with van der Waals surface area (Å²) in [7, 11) is 0. The molecule has 0 amide bonds. The standard InChI is InChI=1S/C14H11FN2O/c15-12-4-1-10(2-5-12)9-17-13-6-3-11(8-16)14(18)7-13/h1-7,17-18H,9H2. The predicted molar refractivity (Wildman–Crippen MR) is 66.5 cm³/mol.